The van der Waals surface area contributed by atoms with Crippen molar-refractivity contribution in [1.82, 2.24) is 5.06 Å². The highest BCUT2D eigenvalue weighted by molar-refractivity contribution is 6.20. The zero-order valence-electron chi connectivity index (χ0n) is 15.8. The number of carboxylic acid groups (broad SMARTS) is 1. The molecule has 0 aliphatic carbocycles. The number of imide groups is 1. The molecule has 0 unspecified atom stereocenters. The second-order valence-corrected chi connectivity index (χ2v) is 6.17. The fourth-order valence-corrected chi connectivity index (χ4v) is 2.78. The summed E-state index contributed by atoms with van der Waals surface area (Å²) in [5.41, 5.74) is 0.0982. The number of esters is 2. The van der Waals surface area contributed by atoms with E-state index in [-0.39, 0.29) is 28.2 Å². The minimum absolute atomic E-state index is 0.0637. The maximum Gasteiger partial charge on any atom is 0.340 e. The molecule has 2 aromatic rings. The lowest BCUT2D eigenvalue weighted by Gasteiger charge is -2.20. The average Bonchev–Trinajstić information content (AvgIpc) is 2.91. The summed E-state index contributed by atoms with van der Waals surface area (Å²) in [5.74, 6) is -4.90. The van der Waals surface area contributed by atoms with Crippen LogP contribution in [0.2, 0.25) is 0 Å². The summed E-state index contributed by atoms with van der Waals surface area (Å²) >= 11 is 0. The molecule has 30 heavy (non-hydrogen) atoms. The van der Waals surface area contributed by atoms with Gasteiger partial charge in [0, 0.05) is 13.8 Å². The minimum atomic E-state index is -1.80. The number of fused-ring (bicyclic) bond motifs is 1. The van der Waals surface area contributed by atoms with E-state index in [1.54, 1.807) is 12.1 Å². The molecule has 0 radical (unpaired) electrons. The predicted octanol–water partition coefficient (Wildman–Crippen LogP) is 1.89. The van der Waals surface area contributed by atoms with Gasteiger partial charge in [-0.2, -0.15) is 0 Å². The zero-order valence-corrected chi connectivity index (χ0v) is 15.8. The van der Waals surface area contributed by atoms with Gasteiger partial charge in [0.25, 0.3) is 11.8 Å². The van der Waals surface area contributed by atoms with Gasteiger partial charge in [-0.25, -0.2) is 9.63 Å². The molecule has 1 heterocycles. The number of hydrogen-bond acceptors (Lipinski definition) is 8. The van der Waals surface area contributed by atoms with E-state index in [9.17, 15) is 29.1 Å². The lowest BCUT2D eigenvalue weighted by atomic mass is 10.1. The molecule has 0 bridgehead atoms. The first-order chi connectivity index (χ1) is 14.2. The van der Waals surface area contributed by atoms with E-state index in [1.165, 1.54) is 24.3 Å². The van der Waals surface area contributed by atoms with Gasteiger partial charge >= 0.3 is 17.9 Å². The maximum atomic E-state index is 12.4. The quantitative estimate of drug-likeness (QED) is 0.427. The number of rotatable bonds is 6. The van der Waals surface area contributed by atoms with Crippen LogP contribution in [0.1, 0.15) is 46.2 Å². The number of nitrogens with zero attached hydrogens (tertiary/aromatic N) is 1. The number of ether oxygens (including phenoxy) is 2. The van der Waals surface area contributed by atoms with Crippen LogP contribution in [0.25, 0.3) is 0 Å². The Morgan fingerprint density at radius 1 is 0.867 bits per heavy atom. The molecular weight excluding hydrogens is 398 g/mol. The molecule has 0 saturated heterocycles. The lowest BCUT2D eigenvalue weighted by Crippen LogP contribution is -2.34. The summed E-state index contributed by atoms with van der Waals surface area (Å²) in [6.45, 7) is 2.24. The van der Waals surface area contributed by atoms with E-state index in [1.807, 2.05) is 0 Å². The molecule has 10 heteroatoms. The SMILES string of the molecule is CC(=O)Oc1ccc([C@H](ON2C(=O)c3ccccc3C2=O)C(=O)O)cc1OC(C)=O. The smallest absolute Gasteiger partial charge is 0.340 e. The molecule has 2 amide bonds. The van der Waals surface area contributed by atoms with Crippen molar-refractivity contribution in [3.8, 4) is 11.5 Å². The Morgan fingerprint density at radius 2 is 1.40 bits per heavy atom. The minimum Gasteiger partial charge on any atom is -0.479 e. The summed E-state index contributed by atoms with van der Waals surface area (Å²) in [6, 6.07) is 9.50. The number of hydrogen-bond donors (Lipinski definition) is 1. The highest BCUT2D eigenvalue weighted by Crippen LogP contribution is 2.34. The van der Waals surface area contributed by atoms with Crippen LogP contribution in [0, 0.1) is 0 Å². The zero-order chi connectivity index (χ0) is 22.0. The second kappa shape index (κ2) is 8.13. The van der Waals surface area contributed by atoms with Gasteiger partial charge in [0.05, 0.1) is 11.1 Å². The monoisotopic (exact) mass is 413 g/mol. The van der Waals surface area contributed by atoms with E-state index in [4.69, 9.17) is 14.3 Å². The van der Waals surface area contributed by atoms with Crippen LogP contribution in [-0.2, 0) is 19.2 Å². The van der Waals surface area contributed by atoms with Crippen molar-refractivity contribution < 1.29 is 43.4 Å². The van der Waals surface area contributed by atoms with Gasteiger partial charge < -0.3 is 14.6 Å². The van der Waals surface area contributed by atoms with Gasteiger partial charge in [0.1, 0.15) is 0 Å². The Balaban J connectivity index is 1.94. The number of aliphatic carboxylic acids is 1. The maximum absolute atomic E-state index is 12.4. The summed E-state index contributed by atoms with van der Waals surface area (Å²) in [7, 11) is 0. The van der Waals surface area contributed by atoms with Gasteiger partial charge in [-0.15, -0.1) is 5.06 Å². The molecule has 1 aliphatic rings. The molecule has 3 rings (SSSR count). The fourth-order valence-electron chi connectivity index (χ4n) is 2.78. The van der Waals surface area contributed by atoms with E-state index < -0.39 is 35.8 Å². The number of carboxylic acids is 1. The molecule has 1 aliphatic heterocycles. The van der Waals surface area contributed by atoms with Crippen LogP contribution < -0.4 is 9.47 Å². The normalized spacial score (nSPS) is 13.6. The van der Waals surface area contributed by atoms with Crippen molar-refractivity contribution in [2.24, 2.45) is 0 Å². The number of carbonyl (C=O) groups excluding carboxylic acids is 4. The first-order valence-corrected chi connectivity index (χ1v) is 8.57. The van der Waals surface area contributed by atoms with Crippen molar-refractivity contribution in [1.29, 1.82) is 0 Å². The number of carbonyl (C=O) groups is 5. The van der Waals surface area contributed by atoms with Crippen LogP contribution >= 0.6 is 0 Å². The predicted molar refractivity (Wildman–Crippen MR) is 97.5 cm³/mol. The van der Waals surface area contributed by atoms with E-state index in [0.717, 1.165) is 19.9 Å². The molecule has 0 saturated carbocycles. The molecule has 1 N–H and O–H groups in total. The molecule has 1 atom stereocenters. The van der Waals surface area contributed by atoms with Crippen molar-refractivity contribution in [3.05, 3.63) is 59.2 Å². The Labute approximate surface area is 169 Å². The molecule has 0 spiro atoms. The van der Waals surface area contributed by atoms with Crippen molar-refractivity contribution in [2.45, 2.75) is 20.0 Å². The second-order valence-electron chi connectivity index (χ2n) is 6.17. The number of hydroxylamine groups is 2. The summed E-state index contributed by atoms with van der Waals surface area (Å²) < 4.78 is 9.90. The van der Waals surface area contributed by atoms with Crippen molar-refractivity contribution in [2.75, 3.05) is 0 Å². The standard InChI is InChI=1S/C20H15NO9/c1-10(22)28-15-8-7-12(9-16(15)29-11(2)23)17(20(26)27)30-21-18(24)13-5-3-4-6-14(13)19(21)25/h3-9,17H,1-2H3,(H,26,27)/t17-/m0/s1. The lowest BCUT2D eigenvalue weighted by molar-refractivity contribution is -0.176. The van der Waals surface area contributed by atoms with Crippen LogP contribution in [0.4, 0.5) is 0 Å². The van der Waals surface area contributed by atoms with E-state index in [0.29, 0.717) is 5.06 Å². The first-order valence-electron chi connectivity index (χ1n) is 8.57. The van der Waals surface area contributed by atoms with Gasteiger partial charge in [-0.3, -0.25) is 19.2 Å². The molecule has 154 valence electrons. The molecule has 0 fully saturated rings. The third-order valence-corrected chi connectivity index (χ3v) is 3.97. The van der Waals surface area contributed by atoms with Gasteiger partial charge in [0.15, 0.2) is 11.5 Å². The highest BCUT2D eigenvalue weighted by Gasteiger charge is 2.40. The van der Waals surface area contributed by atoms with Crippen LogP contribution in [0.15, 0.2) is 42.5 Å². The van der Waals surface area contributed by atoms with Crippen LogP contribution in [0.3, 0.4) is 0 Å². The summed E-state index contributed by atoms with van der Waals surface area (Å²) in [5, 5.41) is 9.97. The Morgan fingerprint density at radius 3 is 1.90 bits per heavy atom. The van der Waals surface area contributed by atoms with Gasteiger partial charge in [0.2, 0.25) is 6.10 Å². The summed E-state index contributed by atoms with van der Waals surface area (Å²) in [4.78, 5) is 64.5. The Bertz CT molecular complexity index is 1040. The molecular formula is C20H15NO9. The van der Waals surface area contributed by atoms with E-state index in [2.05, 4.69) is 0 Å². The van der Waals surface area contributed by atoms with Gasteiger partial charge in [-0.1, -0.05) is 18.2 Å². The van der Waals surface area contributed by atoms with Gasteiger partial charge in [-0.05, 0) is 29.8 Å². The number of amides is 2. The molecule has 2 aromatic carbocycles. The molecule has 10 nitrogen and oxygen atoms in total. The topological polar surface area (TPSA) is 137 Å². The Kier molecular flexibility index (Phi) is 5.61. The van der Waals surface area contributed by atoms with Crippen molar-refractivity contribution >= 4 is 29.7 Å². The van der Waals surface area contributed by atoms with Crippen LogP contribution in [-0.4, -0.2) is 39.9 Å². The largest absolute Gasteiger partial charge is 0.479 e. The first kappa shape index (κ1) is 20.7. The third kappa shape index (κ3) is 4.03. The van der Waals surface area contributed by atoms with E-state index >= 15 is 0 Å². The Hall–Kier alpha value is -4.05. The number of benzene rings is 2. The van der Waals surface area contributed by atoms with Crippen LogP contribution in [0.5, 0.6) is 11.5 Å². The van der Waals surface area contributed by atoms with Crippen molar-refractivity contribution in [3.63, 3.8) is 0 Å². The summed E-state index contributed by atoms with van der Waals surface area (Å²) in [6.07, 6.45) is -1.80. The molecule has 0 aromatic heterocycles. The average molecular weight is 413 g/mol. The highest BCUT2D eigenvalue weighted by atomic mass is 16.7. The fraction of sp³-hybridized carbons (Fsp3) is 0.150. The third-order valence-electron chi connectivity index (χ3n) is 3.97.